The smallest absolute Gasteiger partial charge is 0.433 e. The van der Waals surface area contributed by atoms with Gasteiger partial charge in [0, 0.05) is 30.9 Å². The van der Waals surface area contributed by atoms with Crippen molar-refractivity contribution < 1.29 is 27.1 Å². The van der Waals surface area contributed by atoms with Crippen molar-refractivity contribution in [2.45, 2.75) is 32.7 Å². The van der Waals surface area contributed by atoms with Gasteiger partial charge in [-0.05, 0) is 49.8 Å². The molecular formula is C21H25F4N3O2. The highest BCUT2D eigenvalue weighted by atomic mass is 19.4. The molecule has 2 aromatic rings. The fourth-order valence-corrected chi connectivity index (χ4v) is 2.26. The molecule has 0 aliphatic heterocycles. The quantitative estimate of drug-likeness (QED) is 0.490. The van der Waals surface area contributed by atoms with Crippen molar-refractivity contribution in [3.63, 3.8) is 0 Å². The number of halogens is 4. The number of ether oxygens (including phenoxy) is 1. The van der Waals surface area contributed by atoms with Gasteiger partial charge in [-0.2, -0.15) is 13.2 Å². The van der Waals surface area contributed by atoms with Crippen LogP contribution in [0.2, 0.25) is 0 Å². The lowest BCUT2D eigenvalue weighted by atomic mass is 10.2. The van der Waals surface area contributed by atoms with Gasteiger partial charge in [0.2, 0.25) is 11.8 Å². The normalized spacial score (nSPS) is 11.1. The fourth-order valence-electron chi connectivity index (χ4n) is 2.26. The van der Waals surface area contributed by atoms with E-state index in [0.717, 1.165) is 17.3 Å². The lowest BCUT2D eigenvalue weighted by Gasteiger charge is -2.14. The van der Waals surface area contributed by atoms with Crippen molar-refractivity contribution in [3.05, 3.63) is 59.3 Å². The molecule has 1 aromatic heterocycles. The van der Waals surface area contributed by atoms with E-state index in [9.17, 15) is 22.4 Å². The minimum atomic E-state index is -4.57. The van der Waals surface area contributed by atoms with Gasteiger partial charge in [-0.25, -0.2) is 4.98 Å². The van der Waals surface area contributed by atoms with E-state index < -0.39 is 11.9 Å². The zero-order chi connectivity index (χ0) is 22.7. The first-order valence-corrected chi connectivity index (χ1v) is 9.04. The molecule has 2 rings (SSSR count). The Labute approximate surface area is 173 Å². The van der Waals surface area contributed by atoms with Crippen LogP contribution < -0.4 is 15.4 Å². The summed E-state index contributed by atoms with van der Waals surface area (Å²) in [6, 6.07) is 9.62. The number of hydrogen-bond acceptors (Lipinski definition) is 4. The van der Waals surface area contributed by atoms with Crippen molar-refractivity contribution in [1.82, 2.24) is 10.3 Å². The minimum Gasteiger partial charge on any atom is -0.475 e. The predicted octanol–water partition coefficient (Wildman–Crippen LogP) is 4.84. The average molecular weight is 427 g/mol. The summed E-state index contributed by atoms with van der Waals surface area (Å²) >= 11 is 0. The molecule has 30 heavy (non-hydrogen) atoms. The number of rotatable bonds is 7. The molecular weight excluding hydrogens is 402 g/mol. The minimum absolute atomic E-state index is 0.170. The maximum Gasteiger partial charge on any atom is 0.433 e. The molecule has 0 fully saturated rings. The molecule has 0 aliphatic rings. The van der Waals surface area contributed by atoms with Gasteiger partial charge in [-0.1, -0.05) is 12.1 Å². The Morgan fingerprint density at radius 1 is 1.13 bits per heavy atom. The van der Waals surface area contributed by atoms with Crippen LogP contribution in [0.15, 0.2) is 42.5 Å². The standard InChI is InChI=1S/C20H22F3N3O2.CH3F/c1-13(2)28-19-15(6-10-17(26-19)20(21,22)23)7-11-18(27)25-12-14-4-8-16(24-3)9-5-14;1-2/h4-11,13,24H,12H2,1-3H3,(H,25,27);1H3/b11-7+;. The summed E-state index contributed by atoms with van der Waals surface area (Å²) in [7, 11) is 2.31. The summed E-state index contributed by atoms with van der Waals surface area (Å²) < 4.78 is 53.4. The number of nitrogens with one attached hydrogen (secondary N) is 2. The third-order valence-corrected chi connectivity index (χ3v) is 3.65. The Morgan fingerprint density at radius 2 is 1.77 bits per heavy atom. The number of pyridine rings is 1. The van der Waals surface area contributed by atoms with Gasteiger partial charge >= 0.3 is 6.18 Å². The maximum atomic E-state index is 12.9. The summed E-state index contributed by atoms with van der Waals surface area (Å²) in [6.45, 7) is 3.69. The maximum absolute atomic E-state index is 12.9. The van der Waals surface area contributed by atoms with Crippen LogP contribution in [-0.4, -0.2) is 31.2 Å². The van der Waals surface area contributed by atoms with E-state index in [-0.39, 0.29) is 23.5 Å². The molecule has 2 N–H and O–H groups in total. The van der Waals surface area contributed by atoms with Crippen LogP contribution in [0.3, 0.4) is 0 Å². The van der Waals surface area contributed by atoms with Gasteiger partial charge < -0.3 is 15.4 Å². The van der Waals surface area contributed by atoms with Gasteiger partial charge in [0.05, 0.1) is 13.3 Å². The lowest BCUT2D eigenvalue weighted by Crippen LogP contribution is -2.20. The second kappa shape index (κ2) is 11.8. The Bertz CT molecular complexity index is 835. The average Bonchev–Trinajstić information content (AvgIpc) is 2.72. The van der Waals surface area contributed by atoms with Crippen LogP contribution in [0, 0.1) is 0 Å². The first-order chi connectivity index (χ1) is 14.2. The van der Waals surface area contributed by atoms with Crippen LogP contribution in [0.1, 0.15) is 30.7 Å². The molecule has 0 atom stereocenters. The first kappa shape index (κ1) is 24.9. The molecule has 0 spiro atoms. The third kappa shape index (κ3) is 8.10. The number of carbonyl (C=O) groups excluding carboxylic acids is 1. The molecule has 0 aliphatic carbocycles. The van der Waals surface area contributed by atoms with Crippen LogP contribution in [0.5, 0.6) is 5.88 Å². The second-order valence-electron chi connectivity index (χ2n) is 6.25. The predicted molar refractivity (Wildman–Crippen MR) is 109 cm³/mol. The monoisotopic (exact) mass is 427 g/mol. The van der Waals surface area contributed by atoms with Gasteiger partial charge in [0.1, 0.15) is 5.69 Å². The van der Waals surface area contributed by atoms with Crippen molar-refractivity contribution in [3.8, 4) is 5.88 Å². The molecule has 0 saturated carbocycles. The Hall–Kier alpha value is -3.10. The Kier molecular flexibility index (Phi) is 9.80. The largest absolute Gasteiger partial charge is 0.475 e. The summed E-state index contributed by atoms with van der Waals surface area (Å²) in [6.07, 6.45) is -2.32. The number of nitrogens with zero attached hydrogens (tertiary/aromatic N) is 1. The number of anilines is 1. The zero-order valence-corrected chi connectivity index (χ0v) is 17.2. The molecule has 1 aromatic carbocycles. The number of hydrogen-bond donors (Lipinski definition) is 2. The van der Waals surface area contributed by atoms with E-state index in [0.29, 0.717) is 13.7 Å². The third-order valence-electron chi connectivity index (χ3n) is 3.65. The van der Waals surface area contributed by atoms with Crippen molar-refractivity contribution in [2.75, 3.05) is 19.5 Å². The van der Waals surface area contributed by atoms with E-state index in [1.807, 2.05) is 31.3 Å². The summed E-state index contributed by atoms with van der Waals surface area (Å²) in [4.78, 5) is 15.6. The number of carbonyl (C=O) groups is 1. The number of benzene rings is 1. The lowest BCUT2D eigenvalue weighted by molar-refractivity contribution is -0.141. The van der Waals surface area contributed by atoms with Gasteiger partial charge in [-0.15, -0.1) is 0 Å². The number of alkyl halides is 4. The zero-order valence-electron chi connectivity index (χ0n) is 17.2. The summed E-state index contributed by atoms with van der Waals surface area (Å²) in [5.41, 5.74) is 1.12. The summed E-state index contributed by atoms with van der Waals surface area (Å²) in [5.74, 6) is -0.551. The summed E-state index contributed by atoms with van der Waals surface area (Å²) in [5, 5.41) is 5.72. The molecule has 1 amide bonds. The molecule has 1 heterocycles. The van der Waals surface area contributed by atoms with Crippen molar-refractivity contribution in [2.24, 2.45) is 0 Å². The number of amides is 1. The van der Waals surface area contributed by atoms with Gasteiger partial charge in [0.25, 0.3) is 0 Å². The molecule has 0 bridgehead atoms. The van der Waals surface area contributed by atoms with E-state index >= 15 is 0 Å². The topological polar surface area (TPSA) is 63.2 Å². The van der Waals surface area contributed by atoms with Crippen LogP contribution in [0.25, 0.3) is 6.08 Å². The van der Waals surface area contributed by atoms with E-state index in [2.05, 4.69) is 15.6 Å². The SMILES string of the molecule is CF.CNc1ccc(CNC(=O)/C=C/c2ccc(C(F)(F)F)nc2OC(C)C)cc1. The van der Waals surface area contributed by atoms with Crippen molar-refractivity contribution in [1.29, 1.82) is 0 Å². The van der Waals surface area contributed by atoms with Gasteiger partial charge in [-0.3, -0.25) is 9.18 Å². The second-order valence-corrected chi connectivity index (χ2v) is 6.25. The molecule has 0 saturated heterocycles. The highest BCUT2D eigenvalue weighted by Crippen LogP contribution is 2.31. The highest BCUT2D eigenvalue weighted by Gasteiger charge is 2.33. The molecule has 164 valence electrons. The molecule has 0 radical (unpaired) electrons. The highest BCUT2D eigenvalue weighted by molar-refractivity contribution is 5.92. The Balaban J connectivity index is 0.00000218. The van der Waals surface area contributed by atoms with E-state index in [4.69, 9.17) is 4.74 Å². The van der Waals surface area contributed by atoms with Crippen LogP contribution in [-0.2, 0) is 17.5 Å². The van der Waals surface area contributed by atoms with Crippen LogP contribution >= 0.6 is 0 Å². The van der Waals surface area contributed by atoms with E-state index in [1.165, 1.54) is 18.2 Å². The molecule has 9 heteroatoms. The van der Waals surface area contributed by atoms with Crippen molar-refractivity contribution >= 4 is 17.7 Å². The number of aromatic nitrogens is 1. The molecule has 0 unspecified atom stereocenters. The van der Waals surface area contributed by atoms with Gasteiger partial charge in [0.15, 0.2) is 0 Å². The van der Waals surface area contributed by atoms with Crippen LogP contribution in [0.4, 0.5) is 23.2 Å². The fraction of sp³-hybridized carbons (Fsp3) is 0.333. The molecule has 5 nitrogen and oxygen atoms in total. The van der Waals surface area contributed by atoms with E-state index in [1.54, 1.807) is 13.8 Å². The first-order valence-electron chi connectivity index (χ1n) is 9.04. The Morgan fingerprint density at radius 3 is 2.30 bits per heavy atom.